The van der Waals surface area contributed by atoms with Crippen molar-refractivity contribution in [3.8, 4) is 11.5 Å². The number of oxazole rings is 1. The number of aliphatic hydroxyl groups is 1. The smallest absolute Gasteiger partial charge is 0.253 e. The Balaban J connectivity index is 1.41. The number of rotatable bonds is 6. The first-order valence-electron chi connectivity index (χ1n) is 10.2. The first kappa shape index (κ1) is 20.1. The van der Waals surface area contributed by atoms with E-state index in [1.165, 1.54) is 0 Å². The van der Waals surface area contributed by atoms with Crippen molar-refractivity contribution in [3.63, 3.8) is 0 Å². The first-order chi connectivity index (χ1) is 14.6. The normalized spacial score (nSPS) is 18.5. The van der Waals surface area contributed by atoms with Gasteiger partial charge in [0.05, 0.1) is 6.61 Å². The lowest BCUT2D eigenvalue weighted by Crippen LogP contribution is -2.37. The van der Waals surface area contributed by atoms with Gasteiger partial charge < -0.3 is 19.7 Å². The molecule has 156 valence electrons. The highest BCUT2D eigenvalue weighted by Crippen LogP contribution is 2.30. The van der Waals surface area contributed by atoms with Crippen LogP contribution in [0.5, 0.6) is 0 Å². The van der Waals surface area contributed by atoms with E-state index < -0.39 is 0 Å². The van der Waals surface area contributed by atoms with Crippen LogP contribution in [0.1, 0.15) is 29.6 Å². The topological polar surface area (TPSA) is 95.7 Å². The van der Waals surface area contributed by atoms with Crippen molar-refractivity contribution >= 4 is 22.9 Å². The van der Waals surface area contributed by atoms with E-state index in [2.05, 4.69) is 10.3 Å². The molecule has 0 aliphatic heterocycles. The Morgan fingerprint density at radius 3 is 2.67 bits per heavy atom. The van der Waals surface area contributed by atoms with Crippen LogP contribution >= 0.6 is 0 Å². The molecular formula is C23H25N3O4. The minimum atomic E-state index is -0.113. The molecule has 0 unspecified atom stereocenters. The van der Waals surface area contributed by atoms with Gasteiger partial charge in [-0.25, -0.2) is 4.98 Å². The zero-order valence-corrected chi connectivity index (χ0v) is 16.9. The third kappa shape index (κ3) is 4.07. The number of hydrogen-bond donors (Lipinski definition) is 2. The second-order valence-electron chi connectivity index (χ2n) is 7.66. The van der Waals surface area contributed by atoms with Gasteiger partial charge in [0.1, 0.15) is 5.52 Å². The molecule has 7 nitrogen and oxygen atoms in total. The lowest BCUT2D eigenvalue weighted by Gasteiger charge is -2.25. The quantitative estimate of drug-likeness (QED) is 0.655. The molecule has 30 heavy (non-hydrogen) atoms. The standard InChI is InChI=1S/C23H25N3O4/c1-26(18-11-10-17(14-18)21(28)24-12-13-27)23(29)16-8-6-15(7-9-16)22-25-19-4-2-3-5-20(19)30-22/h2-9,17-18,27H,10-14H2,1H3,(H,24,28)/t17-,18-/m1/s1. The fourth-order valence-electron chi connectivity index (χ4n) is 3.99. The molecule has 4 rings (SSSR count). The predicted octanol–water partition coefficient (Wildman–Crippen LogP) is 2.84. The summed E-state index contributed by atoms with van der Waals surface area (Å²) < 4.78 is 5.79. The summed E-state index contributed by atoms with van der Waals surface area (Å²) in [6.45, 7) is 0.195. The van der Waals surface area contributed by atoms with Gasteiger partial charge >= 0.3 is 0 Å². The molecule has 1 heterocycles. The van der Waals surface area contributed by atoms with Crippen LogP contribution in [0.3, 0.4) is 0 Å². The van der Waals surface area contributed by atoms with Gasteiger partial charge in [-0.1, -0.05) is 12.1 Å². The number of para-hydroxylation sites is 2. The maximum Gasteiger partial charge on any atom is 0.253 e. The lowest BCUT2D eigenvalue weighted by atomic mass is 10.1. The van der Waals surface area contributed by atoms with Gasteiger partial charge in [-0.3, -0.25) is 9.59 Å². The fourth-order valence-corrected chi connectivity index (χ4v) is 3.99. The van der Waals surface area contributed by atoms with Crippen LogP contribution < -0.4 is 5.32 Å². The number of aliphatic hydroxyl groups excluding tert-OH is 1. The van der Waals surface area contributed by atoms with Gasteiger partial charge in [-0.05, 0) is 55.7 Å². The summed E-state index contributed by atoms with van der Waals surface area (Å²) in [5, 5.41) is 11.6. The molecule has 0 bridgehead atoms. The van der Waals surface area contributed by atoms with E-state index in [4.69, 9.17) is 9.52 Å². The largest absolute Gasteiger partial charge is 0.436 e. The summed E-state index contributed by atoms with van der Waals surface area (Å²) in [5.74, 6) is 0.296. The Bertz CT molecular complexity index is 1010. The van der Waals surface area contributed by atoms with Crippen LogP contribution in [0.15, 0.2) is 52.9 Å². The van der Waals surface area contributed by atoms with Crippen molar-refractivity contribution in [2.45, 2.75) is 25.3 Å². The first-order valence-corrected chi connectivity index (χ1v) is 10.2. The third-order valence-electron chi connectivity index (χ3n) is 5.73. The van der Waals surface area contributed by atoms with E-state index in [0.29, 0.717) is 17.9 Å². The molecule has 0 radical (unpaired) electrons. The van der Waals surface area contributed by atoms with Gasteiger partial charge in [0.2, 0.25) is 11.8 Å². The Morgan fingerprint density at radius 1 is 1.17 bits per heavy atom. The molecule has 7 heteroatoms. The number of hydrogen-bond acceptors (Lipinski definition) is 5. The van der Waals surface area contributed by atoms with Crippen molar-refractivity contribution in [2.75, 3.05) is 20.2 Å². The van der Waals surface area contributed by atoms with Crippen molar-refractivity contribution in [1.82, 2.24) is 15.2 Å². The number of benzene rings is 2. The minimum absolute atomic E-state index is 0.0269. The van der Waals surface area contributed by atoms with E-state index in [-0.39, 0.29) is 36.9 Å². The van der Waals surface area contributed by atoms with Crippen molar-refractivity contribution < 1.29 is 19.1 Å². The highest BCUT2D eigenvalue weighted by atomic mass is 16.3. The Hall–Kier alpha value is -3.19. The summed E-state index contributed by atoms with van der Waals surface area (Å²) in [7, 11) is 1.79. The molecule has 0 spiro atoms. The molecule has 1 fully saturated rings. The second kappa shape index (κ2) is 8.67. The van der Waals surface area contributed by atoms with Crippen molar-refractivity contribution in [1.29, 1.82) is 0 Å². The fraction of sp³-hybridized carbons (Fsp3) is 0.348. The number of fused-ring (bicyclic) bond motifs is 1. The van der Waals surface area contributed by atoms with Crippen LogP contribution in [-0.4, -0.2) is 53.0 Å². The number of amides is 2. The molecule has 2 amide bonds. The molecule has 2 N–H and O–H groups in total. The Morgan fingerprint density at radius 2 is 1.93 bits per heavy atom. The molecule has 1 saturated carbocycles. The molecule has 3 aromatic rings. The average Bonchev–Trinajstić information content (AvgIpc) is 3.44. The van der Waals surface area contributed by atoms with Gasteiger partial charge in [-0.15, -0.1) is 0 Å². The number of nitrogens with zero attached hydrogens (tertiary/aromatic N) is 2. The monoisotopic (exact) mass is 407 g/mol. The highest BCUT2D eigenvalue weighted by molar-refractivity contribution is 5.94. The highest BCUT2D eigenvalue weighted by Gasteiger charge is 2.33. The molecule has 1 aliphatic carbocycles. The van der Waals surface area contributed by atoms with Gasteiger partial charge in [0.15, 0.2) is 5.58 Å². The second-order valence-corrected chi connectivity index (χ2v) is 7.66. The number of carbonyl (C=O) groups is 2. The van der Waals surface area contributed by atoms with Crippen LogP contribution in [0.4, 0.5) is 0 Å². The van der Waals surface area contributed by atoms with Gasteiger partial charge in [0.25, 0.3) is 5.91 Å². The predicted molar refractivity (Wildman–Crippen MR) is 113 cm³/mol. The number of carbonyl (C=O) groups excluding carboxylic acids is 2. The number of nitrogens with one attached hydrogen (secondary N) is 1. The summed E-state index contributed by atoms with van der Waals surface area (Å²) in [5.41, 5.74) is 2.93. The maximum absolute atomic E-state index is 12.9. The van der Waals surface area contributed by atoms with E-state index >= 15 is 0 Å². The molecule has 1 aromatic heterocycles. The van der Waals surface area contributed by atoms with Crippen molar-refractivity contribution in [3.05, 3.63) is 54.1 Å². The molecule has 1 aliphatic rings. The molecule has 2 atom stereocenters. The Kier molecular flexibility index (Phi) is 5.81. The Labute approximate surface area is 174 Å². The molecule has 0 saturated heterocycles. The summed E-state index contributed by atoms with van der Waals surface area (Å²) in [4.78, 5) is 31.2. The van der Waals surface area contributed by atoms with E-state index in [0.717, 1.165) is 29.5 Å². The zero-order valence-electron chi connectivity index (χ0n) is 16.9. The molecule has 2 aromatic carbocycles. The maximum atomic E-state index is 12.9. The summed E-state index contributed by atoms with van der Waals surface area (Å²) in [6, 6.07) is 14.9. The van der Waals surface area contributed by atoms with E-state index in [9.17, 15) is 9.59 Å². The lowest BCUT2D eigenvalue weighted by molar-refractivity contribution is -0.125. The van der Waals surface area contributed by atoms with Crippen LogP contribution in [0.2, 0.25) is 0 Å². The summed E-state index contributed by atoms with van der Waals surface area (Å²) >= 11 is 0. The average molecular weight is 407 g/mol. The van der Waals surface area contributed by atoms with Gasteiger partial charge in [0, 0.05) is 36.7 Å². The van der Waals surface area contributed by atoms with Crippen LogP contribution in [-0.2, 0) is 4.79 Å². The van der Waals surface area contributed by atoms with Crippen LogP contribution in [0.25, 0.3) is 22.6 Å². The zero-order chi connectivity index (χ0) is 21.1. The number of aromatic nitrogens is 1. The third-order valence-corrected chi connectivity index (χ3v) is 5.73. The van der Waals surface area contributed by atoms with E-state index in [1.54, 1.807) is 24.1 Å². The van der Waals surface area contributed by atoms with E-state index in [1.807, 2.05) is 36.4 Å². The van der Waals surface area contributed by atoms with Crippen LogP contribution in [0, 0.1) is 5.92 Å². The van der Waals surface area contributed by atoms with Crippen molar-refractivity contribution in [2.24, 2.45) is 5.92 Å². The van der Waals surface area contributed by atoms with Gasteiger partial charge in [-0.2, -0.15) is 0 Å². The molecular weight excluding hydrogens is 382 g/mol. The SMILES string of the molecule is CN(C(=O)c1ccc(-c2nc3ccccc3o2)cc1)[C@@H]1CC[C@@H](C(=O)NCCO)C1. The summed E-state index contributed by atoms with van der Waals surface area (Å²) in [6.07, 6.45) is 2.18. The minimum Gasteiger partial charge on any atom is -0.436 e.